The molecule has 1 heterocycles. The molecule has 0 spiro atoms. The number of anilines is 1. The molecular formula is C21H24ClN3OS. The van der Waals surface area contributed by atoms with Crippen LogP contribution < -0.4 is 4.90 Å². The average molecular weight is 402 g/mol. The van der Waals surface area contributed by atoms with Gasteiger partial charge in [-0.05, 0) is 64.7 Å². The highest BCUT2D eigenvalue weighted by Gasteiger charge is 2.22. The molecule has 0 aliphatic heterocycles. The van der Waals surface area contributed by atoms with Crippen molar-refractivity contribution in [2.24, 2.45) is 0 Å². The number of fused-ring (bicyclic) bond motifs is 1. The Bertz CT molecular complexity index is 976. The zero-order valence-corrected chi connectivity index (χ0v) is 17.9. The van der Waals surface area contributed by atoms with Gasteiger partial charge in [-0.3, -0.25) is 9.69 Å². The lowest BCUT2D eigenvalue weighted by molar-refractivity contribution is 0.0985. The van der Waals surface area contributed by atoms with Crippen LogP contribution in [0.15, 0.2) is 30.3 Å². The molecule has 3 aromatic rings. The van der Waals surface area contributed by atoms with Crippen LogP contribution in [0.3, 0.4) is 0 Å². The number of thiazole rings is 1. The van der Waals surface area contributed by atoms with Crippen LogP contribution in [0.5, 0.6) is 0 Å². The molecule has 142 valence electrons. The van der Waals surface area contributed by atoms with E-state index in [9.17, 15) is 4.79 Å². The molecule has 0 aliphatic rings. The van der Waals surface area contributed by atoms with E-state index in [1.54, 1.807) is 4.90 Å². The highest BCUT2D eigenvalue weighted by Crippen LogP contribution is 2.33. The Kier molecular flexibility index (Phi) is 5.84. The van der Waals surface area contributed by atoms with Crippen LogP contribution in [-0.4, -0.2) is 43.0 Å². The highest BCUT2D eigenvalue weighted by molar-refractivity contribution is 7.22. The molecule has 0 aliphatic carbocycles. The molecule has 0 atom stereocenters. The van der Waals surface area contributed by atoms with Crippen molar-refractivity contribution in [1.82, 2.24) is 9.88 Å². The smallest absolute Gasteiger partial charge is 0.260 e. The molecule has 0 radical (unpaired) electrons. The van der Waals surface area contributed by atoms with E-state index in [-0.39, 0.29) is 5.91 Å². The van der Waals surface area contributed by atoms with Crippen molar-refractivity contribution >= 4 is 44.2 Å². The number of hydrogen-bond acceptors (Lipinski definition) is 4. The van der Waals surface area contributed by atoms with Crippen LogP contribution in [0.2, 0.25) is 5.02 Å². The SMILES string of the molecule is Cc1cc(C)cc(C(=O)N(CCN(C)C)c2nc3c(C)cc(Cl)cc3s2)c1. The van der Waals surface area contributed by atoms with Gasteiger partial charge in [-0.15, -0.1) is 0 Å². The molecule has 6 heteroatoms. The van der Waals surface area contributed by atoms with E-state index in [1.165, 1.54) is 11.3 Å². The Balaban J connectivity index is 2.05. The summed E-state index contributed by atoms with van der Waals surface area (Å²) in [6.45, 7) is 7.35. The molecule has 0 bridgehead atoms. The van der Waals surface area contributed by atoms with E-state index in [1.807, 2.05) is 59.1 Å². The van der Waals surface area contributed by atoms with Gasteiger partial charge in [-0.1, -0.05) is 40.1 Å². The third-order valence-electron chi connectivity index (χ3n) is 4.35. The number of halogens is 1. The summed E-state index contributed by atoms with van der Waals surface area (Å²) < 4.78 is 0.998. The number of benzene rings is 2. The summed E-state index contributed by atoms with van der Waals surface area (Å²) in [6.07, 6.45) is 0. The number of aryl methyl sites for hydroxylation is 3. The molecule has 0 saturated heterocycles. The number of likely N-dealkylation sites (N-methyl/N-ethyl adjacent to an activating group) is 1. The lowest BCUT2D eigenvalue weighted by Crippen LogP contribution is -2.36. The van der Waals surface area contributed by atoms with Crippen molar-refractivity contribution in [3.8, 4) is 0 Å². The second kappa shape index (κ2) is 7.97. The Morgan fingerprint density at radius 2 is 1.70 bits per heavy atom. The molecule has 0 saturated carbocycles. The Labute approximate surface area is 169 Å². The Morgan fingerprint density at radius 1 is 1.04 bits per heavy atom. The highest BCUT2D eigenvalue weighted by atomic mass is 35.5. The first-order valence-electron chi connectivity index (χ1n) is 8.86. The van der Waals surface area contributed by atoms with Crippen LogP contribution in [0, 0.1) is 20.8 Å². The second-order valence-corrected chi connectivity index (χ2v) is 8.65. The van der Waals surface area contributed by atoms with Crippen molar-refractivity contribution in [1.29, 1.82) is 0 Å². The van der Waals surface area contributed by atoms with Gasteiger partial charge in [0.15, 0.2) is 5.13 Å². The molecule has 3 rings (SSSR count). The van der Waals surface area contributed by atoms with Gasteiger partial charge in [-0.2, -0.15) is 0 Å². The summed E-state index contributed by atoms with van der Waals surface area (Å²) in [4.78, 5) is 22.0. The first-order valence-corrected chi connectivity index (χ1v) is 10.1. The maximum atomic E-state index is 13.3. The summed E-state index contributed by atoms with van der Waals surface area (Å²) in [6, 6.07) is 9.77. The van der Waals surface area contributed by atoms with Crippen molar-refractivity contribution in [3.05, 3.63) is 57.6 Å². The summed E-state index contributed by atoms with van der Waals surface area (Å²) in [5, 5.41) is 1.40. The topological polar surface area (TPSA) is 36.4 Å². The Hall–Kier alpha value is -1.95. The predicted molar refractivity (Wildman–Crippen MR) is 116 cm³/mol. The zero-order chi connectivity index (χ0) is 19.7. The fourth-order valence-electron chi connectivity index (χ4n) is 3.10. The minimum Gasteiger partial charge on any atom is -0.308 e. The van der Waals surface area contributed by atoms with Gasteiger partial charge < -0.3 is 4.90 Å². The van der Waals surface area contributed by atoms with Crippen LogP contribution in [0.4, 0.5) is 5.13 Å². The van der Waals surface area contributed by atoms with Gasteiger partial charge in [0.25, 0.3) is 5.91 Å². The van der Waals surface area contributed by atoms with Crippen LogP contribution >= 0.6 is 22.9 Å². The van der Waals surface area contributed by atoms with Crippen molar-refractivity contribution < 1.29 is 4.79 Å². The van der Waals surface area contributed by atoms with Crippen molar-refractivity contribution in [2.45, 2.75) is 20.8 Å². The molecule has 1 aromatic heterocycles. The number of hydrogen-bond donors (Lipinski definition) is 0. The molecule has 4 nitrogen and oxygen atoms in total. The lowest BCUT2D eigenvalue weighted by Gasteiger charge is -2.22. The number of carbonyl (C=O) groups is 1. The predicted octanol–water partition coefficient (Wildman–Crippen LogP) is 5.08. The molecular weight excluding hydrogens is 378 g/mol. The average Bonchev–Trinajstić information content (AvgIpc) is 2.97. The van der Waals surface area contributed by atoms with Crippen molar-refractivity contribution in [2.75, 3.05) is 32.1 Å². The number of aromatic nitrogens is 1. The fourth-order valence-corrected chi connectivity index (χ4v) is 4.54. The fraction of sp³-hybridized carbons (Fsp3) is 0.333. The number of rotatable bonds is 5. The maximum absolute atomic E-state index is 13.3. The first-order chi connectivity index (χ1) is 12.7. The third kappa shape index (κ3) is 4.49. The monoisotopic (exact) mass is 401 g/mol. The molecule has 0 N–H and O–H groups in total. The van der Waals surface area contributed by atoms with Gasteiger partial charge in [0.05, 0.1) is 10.2 Å². The molecule has 0 unspecified atom stereocenters. The summed E-state index contributed by atoms with van der Waals surface area (Å²) in [7, 11) is 4.00. The van der Waals surface area contributed by atoms with Gasteiger partial charge in [0.1, 0.15) is 0 Å². The minimum absolute atomic E-state index is 0.0218. The van der Waals surface area contributed by atoms with E-state index in [2.05, 4.69) is 11.0 Å². The Morgan fingerprint density at radius 3 is 2.33 bits per heavy atom. The number of carbonyl (C=O) groups excluding carboxylic acids is 1. The van der Waals surface area contributed by atoms with E-state index in [4.69, 9.17) is 16.6 Å². The van der Waals surface area contributed by atoms with E-state index in [0.717, 1.165) is 33.5 Å². The molecule has 27 heavy (non-hydrogen) atoms. The summed E-state index contributed by atoms with van der Waals surface area (Å²) in [5.41, 5.74) is 4.78. The summed E-state index contributed by atoms with van der Waals surface area (Å²) in [5.74, 6) is -0.0218. The minimum atomic E-state index is -0.0218. The molecule has 1 amide bonds. The van der Waals surface area contributed by atoms with E-state index >= 15 is 0 Å². The van der Waals surface area contributed by atoms with Crippen molar-refractivity contribution in [3.63, 3.8) is 0 Å². The maximum Gasteiger partial charge on any atom is 0.260 e. The van der Waals surface area contributed by atoms with Gasteiger partial charge in [-0.25, -0.2) is 4.98 Å². The van der Waals surface area contributed by atoms with Gasteiger partial charge in [0, 0.05) is 23.7 Å². The lowest BCUT2D eigenvalue weighted by atomic mass is 10.1. The number of amides is 1. The molecule has 0 fully saturated rings. The standard InChI is InChI=1S/C21H24ClN3OS/c1-13-8-14(2)10-16(9-13)20(26)25(7-6-24(4)5)21-23-19-15(3)11-17(22)12-18(19)27-21/h8-12H,6-7H2,1-5H3. The van der Waals surface area contributed by atoms with Gasteiger partial charge in [0.2, 0.25) is 0 Å². The first kappa shape index (κ1) is 19.8. The quantitative estimate of drug-likeness (QED) is 0.597. The van der Waals surface area contributed by atoms with E-state index < -0.39 is 0 Å². The van der Waals surface area contributed by atoms with Gasteiger partial charge >= 0.3 is 0 Å². The van der Waals surface area contributed by atoms with E-state index in [0.29, 0.717) is 22.3 Å². The zero-order valence-electron chi connectivity index (χ0n) is 16.3. The summed E-state index contributed by atoms with van der Waals surface area (Å²) >= 11 is 7.71. The normalized spacial score (nSPS) is 11.4. The second-order valence-electron chi connectivity index (χ2n) is 7.20. The third-order valence-corrected chi connectivity index (χ3v) is 5.60. The number of nitrogens with zero attached hydrogens (tertiary/aromatic N) is 3. The van der Waals surface area contributed by atoms with Crippen LogP contribution in [-0.2, 0) is 0 Å². The van der Waals surface area contributed by atoms with Crippen LogP contribution in [0.25, 0.3) is 10.2 Å². The van der Waals surface area contributed by atoms with Crippen LogP contribution in [0.1, 0.15) is 27.0 Å². The molecule has 2 aromatic carbocycles. The largest absolute Gasteiger partial charge is 0.308 e.